The summed E-state index contributed by atoms with van der Waals surface area (Å²) < 4.78 is 5.59. The lowest BCUT2D eigenvalue weighted by atomic mass is 9.83. The number of nitrogens with zero attached hydrogens (tertiary/aromatic N) is 2. The summed E-state index contributed by atoms with van der Waals surface area (Å²) in [5.74, 6) is -0.794. The predicted molar refractivity (Wildman–Crippen MR) is 107 cm³/mol. The lowest BCUT2D eigenvalue weighted by Gasteiger charge is -2.25. The molecule has 2 aliphatic rings. The van der Waals surface area contributed by atoms with Crippen molar-refractivity contribution in [1.82, 2.24) is 0 Å². The molecule has 0 fully saturated rings. The van der Waals surface area contributed by atoms with E-state index in [9.17, 15) is 9.59 Å². The van der Waals surface area contributed by atoms with E-state index in [1.165, 1.54) is 16.1 Å². The topological polar surface area (TPSA) is 85.0 Å². The average Bonchev–Trinajstić information content (AvgIpc) is 3.18. The molecule has 0 aromatic heterocycles. The number of fused-ring (bicyclic) bond motifs is 1. The molecule has 0 spiro atoms. The van der Waals surface area contributed by atoms with Crippen molar-refractivity contribution in [1.29, 1.82) is 0 Å². The lowest BCUT2D eigenvalue weighted by Crippen LogP contribution is -2.39. The first-order valence-corrected chi connectivity index (χ1v) is 9.59. The Morgan fingerprint density at radius 3 is 2.64 bits per heavy atom. The van der Waals surface area contributed by atoms with Crippen LogP contribution in [-0.4, -0.2) is 30.2 Å². The number of anilines is 1. The largest absolute Gasteiger partial charge is 0.461 e. The first kappa shape index (κ1) is 18.2. The molecule has 1 aliphatic carbocycles. The lowest BCUT2D eigenvalue weighted by molar-refractivity contribution is -0.136. The van der Waals surface area contributed by atoms with Gasteiger partial charge in [-0.2, -0.15) is 5.10 Å². The number of amides is 1. The Labute approximate surface area is 164 Å². The Morgan fingerprint density at radius 2 is 1.86 bits per heavy atom. The zero-order valence-corrected chi connectivity index (χ0v) is 15.6. The predicted octanol–water partition coefficient (Wildman–Crippen LogP) is 2.77. The summed E-state index contributed by atoms with van der Waals surface area (Å²) >= 11 is 0. The van der Waals surface area contributed by atoms with Gasteiger partial charge < -0.3 is 10.5 Å². The van der Waals surface area contributed by atoms with E-state index >= 15 is 0 Å². The normalized spacial score (nSPS) is 21.0. The van der Waals surface area contributed by atoms with Gasteiger partial charge >= 0.3 is 5.97 Å². The monoisotopic (exact) mass is 377 g/mol. The highest BCUT2D eigenvalue weighted by atomic mass is 16.5. The Morgan fingerprint density at radius 1 is 1.11 bits per heavy atom. The maximum Gasteiger partial charge on any atom is 0.354 e. The van der Waals surface area contributed by atoms with Crippen molar-refractivity contribution < 1.29 is 14.3 Å². The number of carbonyl (C=O) groups is 2. The third-order valence-corrected chi connectivity index (χ3v) is 5.40. The van der Waals surface area contributed by atoms with Crippen LogP contribution in [0.3, 0.4) is 0 Å². The van der Waals surface area contributed by atoms with Crippen molar-refractivity contribution in [2.75, 3.05) is 11.6 Å². The number of aryl methyl sites for hydroxylation is 1. The Kier molecular flexibility index (Phi) is 5.10. The first-order valence-electron chi connectivity index (χ1n) is 9.59. The number of nitrogens with two attached hydrogens (primary N) is 1. The fourth-order valence-electron chi connectivity index (χ4n) is 3.96. The summed E-state index contributed by atoms with van der Waals surface area (Å²) in [5, 5.41) is 5.85. The minimum Gasteiger partial charge on any atom is -0.461 e. The fourth-order valence-corrected chi connectivity index (χ4v) is 3.96. The van der Waals surface area contributed by atoms with Crippen LogP contribution >= 0.6 is 0 Å². The zero-order valence-electron chi connectivity index (χ0n) is 15.6. The molecular formula is C22H23N3O3. The van der Waals surface area contributed by atoms with Crippen molar-refractivity contribution in [3.8, 4) is 0 Å². The molecule has 2 aromatic carbocycles. The van der Waals surface area contributed by atoms with Crippen LogP contribution in [-0.2, 0) is 20.7 Å². The molecule has 2 aromatic rings. The SMILES string of the molecule is NC(=O)[C@@H]1CC(C(=O)OC[C@@H]2CCCc3ccccc32)=NN1c1ccccc1. The molecule has 1 amide bonds. The molecule has 144 valence electrons. The summed E-state index contributed by atoms with van der Waals surface area (Å²) in [6, 6.07) is 16.9. The molecule has 0 saturated carbocycles. The van der Waals surface area contributed by atoms with Gasteiger partial charge in [-0.25, -0.2) is 4.79 Å². The third-order valence-electron chi connectivity index (χ3n) is 5.40. The van der Waals surface area contributed by atoms with E-state index in [1.807, 2.05) is 42.5 Å². The van der Waals surface area contributed by atoms with Crippen molar-refractivity contribution in [3.63, 3.8) is 0 Å². The summed E-state index contributed by atoms with van der Waals surface area (Å²) in [6.45, 7) is 0.321. The van der Waals surface area contributed by atoms with Crippen molar-refractivity contribution in [2.24, 2.45) is 10.8 Å². The number of esters is 1. The van der Waals surface area contributed by atoms with Gasteiger partial charge in [0.05, 0.1) is 12.3 Å². The molecule has 0 bridgehead atoms. The van der Waals surface area contributed by atoms with Crippen LogP contribution in [0.4, 0.5) is 5.69 Å². The van der Waals surface area contributed by atoms with Gasteiger partial charge in [0.25, 0.3) is 0 Å². The van der Waals surface area contributed by atoms with Crippen LogP contribution in [0.5, 0.6) is 0 Å². The van der Waals surface area contributed by atoms with E-state index < -0.39 is 17.9 Å². The zero-order chi connectivity index (χ0) is 19.5. The number of benzene rings is 2. The molecule has 1 heterocycles. The highest BCUT2D eigenvalue weighted by molar-refractivity contribution is 6.38. The molecule has 6 nitrogen and oxygen atoms in total. The molecule has 4 rings (SSSR count). The van der Waals surface area contributed by atoms with Gasteiger partial charge in [0.1, 0.15) is 11.8 Å². The van der Waals surface area contributed by atoms with Crippen molar-refractivity contribution in [2.45, 2.75) is 37.6 Å². The van der Waals surface area contributed by atoms with Gasteiger partial charge in [0.15, 0.2) is 0 Å². The van der Waals surface area contributed by atoms with E-state index in [1.54, 1.807) is 0 Å². The van der Waals surface area contributed by atoms with Crippen LogP contribution in [0.25, 0.3) is 0 Å². The molecule has 28 heavy (non-hydrogen) atoms. The van der Waals surface area contributed by atoms with Crippen LogP contribution in [0.2, 0.25) is 0 Å². The summed E-state index contributed by atoms with van der Waals surface area (Å²) in [4.78, 5) is 24.5. The van der Waals surface area contributed by atoms with E-state index in [0.717, 1.165) is 24.9 Å². The number of para-hydroxylation sites is 1. The standard InChI is InChI=1S/C22H23N3O3/c23-21(26)20-13-19(24-25(20)17-10-2-1-3-11-17)22(27)28-14-16-9-6-8-15-7-4-5-12-18(15)16/h1-5,7,10-12,16,20H,6,8-9,13-14H2,(H2,23,26)/t16-,20-/m0/s1. The maximum atomic E-state index is 12.6. The number of hydrazone groups is 1. The molecule has 0 radical (unpaired) electrons. The Balaban J connectivity index is 1.46. The smallest absolute Gasteiger partial charge is 0.354 e. The van der Waals surface area contributed by atoms with Gasteiger partial charge in [-0.1, -0.05) is 42.5 Å². The van der Waals surface area contributed by atoms with E-state index in [0.29, 0.717) is 6.61 Å². The van der Waals surface area contributed by atoms with Gasteiger partial charge in [-0.05, 0) is 42.5 Å². The van der Waals surface area contributed by atoms with E-state index in [-0.39, 0.29) is 18.1 Å². The number of hydrogen-bond acceptors (Lipinski definition) is 5. The second-order valence-electron chi connectivity index (χ2n) is 7.24. The van der Waals surface area contributed by atoms with Crippen LogP contribution < -0.4 is 10.7 Å². The summed E-state index contributed by atoms with van der Waals surface area (Å²) in [5.41, 5.74) is 9.07. The second-order valence-corrected chi connectivity index (χ2v) is 7.24. The minimum atomic E-state index is -0.680. The number of carbonyl (C=O) groups excluding carboxylic acids is 2. The highest BCUT2D eigenvalue weighted by Crippen LogP contribution is 2.32. The number of rotatable bonds is 5. The maximum absolute atomic E-state index is 12.6. The molecular weight excluding hydrogens is 354 g/mol. The van der Waals surface area contributed by atoms with Gasteiger partial charge in [0, 0.05) is 12.3 Å². The average molecular weight is 377 g/mol. The van der Waals surface area contributed by atoms with E-state index in [2.05, 4.69) is 17.2 Å². The highest BCUT2D eigenvalue weighted by Gasteiger charge is 2.36. The number of hydrogen-bond donors (Lipinski definition) is 1. The first-order chi connectivity index (χ1) is 13.6. The van der Waals surface area contributed by atoms with E-state index in [4.69, 9.17) is 10.5 Å². The van der Waals surface area contributed by atoms with Crippen molar-refractivity contribution >= 4 is 23.3 Å². The number of ether oxygens (including phenoxy) is 1. The van der Waals surface area contributed by atoms with Crippen LogP contribution in [0.1, 0.15) is 36.3 Å². The molecule has 0 unspecified atom stereocenters. The second kappa shape index (κ2) is 7.84. The molecule has 2 N–H and O–H groups in total. The van der Waals surface area contributed by atoms with Gasteiger partial charge in [-0.15, -0.1) is 0 Å². The third kappa shape index (κ3) is 3.63. The molecule has 2 atom stereocenters. The summed E-state index contributed by atoms with van der Waals surface area (Å²) in [6.07, 6.45) is 3.31. The van der Waals surface area contributed by atoms with Crippen molar-refractivity contribution in [3.05, 3.63) is 65.7 Å². The quantitative estimate of drug-likeness (QED) is 0.812. The van der Waals surface area contributed by atoms with Crippen LogP contribution in [0.15, 0.2) is 59.7 Å². The summed E-state index contributed by atoms with van der Waals surface area (Å²) in [7, 11) is 0. The van der Waals surface area contributed by atoms with Crippen LogP contribution in [0, 0.1) is 0 Å². The molecule has 0 saturated heterocycles. The molecule has 1 aliphatic heterocycles. The molecule has 6 heteroatoms. The minimum absolute atomic E-state index is 0.157. The van der Waals surface area contributed by atoms with Gasteiger partial charge in [0.2, 0.25) is 5.91 Å². The van der Waals surface area contributed by atoms with Gasteiger partial charge in [-0.3, -0.25) is 9.80 Å². The number of primary amides is 1. The fraction of sp³-hybridized carbons (Fsp3) is 0.318. The Bertz CT molecular complexity index is 910. The Hall–Kier alpha value is -3.15.